The Morgan fingerprint density at radius 1 is 1.35 bits per heavy atom. The zero-order valence-corrected chi connectivity index (χ0v) is 11.4. The van der Waals surface area contributed by atoms with Crippen molar-refractivity contribution in [1.82, 2.24) is 14.9 Å². The van der Waals surface area contributed by atoms with Crippen LogP contribution in [0.1, 0.15) is 24.5 Å². The predicted molar refractivity (Wildman–Crippen MR) is 75.7 cm³/mol. The number of hydrogen-bond acceptors (Lipinski definition) is 3. The molecule has 4 nitrogen and oxygen atoms in total. The second-order valence-electron chi connectivity index (χ2n) is 4.78. The molecule has 0 saturated carbocycles. The first-order valence-corrected chi connectivity index (χ1v) is 6.85. The van der Waals surface area contributed by atoms with Crippen molar-refractivity contribution >= 4 is 0 Å². The molecule has 2 aromatic rings. The standard InChI is InChI=1S/C15H20FN3O/c16-14-5-3-4-13(10-14)15(20)11-17-6-1-2-8-19-9-7-18-12-19/h3-5,7,9-10,12,15,17,20H,1-2,6,8,11H2. The molecule has 0 radical (unpaired) electrons. The van der Waals surface area contributed by atoms with E-state index < -0.39 is 6.10 Å². The fourth-order valence-corrected chi connectivity index (χ4v) is 2.03. The maximum atomic E-state index is 13.0. The third-order valence-electron chi connectivity index (χ3n) is 3.15. The summed E-state index contributed by atoms with van der Waals surface area (Å²) >= 11 is 0. The highest BCUT2D eigenvalue weighted by Crippen LogP contribution is 2.12. The van der Waals surface area contributed by atoms with Gasteiger partial charge in [0.15, 0.2) is 0 Å². The van der Waals surface area contributed by atoms with Crippen molar-refractivity contribution in [2.75, 3.05) is 13.1 Å². The van der Waals surface area contributed by atoms with Gasteiger partial charge in [0, 0.05) is 25.5 Å². The average Bonchev–Trinajstić information content (AvgIpc) is 2.95. The molecule has 20 heavy (non-hydrogen) atoms. The highest BCUT2D eigenvalue weighted by atomic mass is 19.1. The lowest BCUT2D eigenvalue weighted by atomic mass is 10.1. The Kier molecular flexibility index (Phi) is 5.70. The van der Waals surface area contributed by atoms with Gasteiger partial charge in [-0.3, -0.25) is 0 Å². The fraction of sp³-hybridized carbons (Fsp3) is 0.400. The summed E-state index contributed by atoms with van der Waals surface area (Å²) in [7, 11) is 0. The van der Waals surface area contributed by atoms with E-state index in [2.05, 4.69) is 10.3 Å². The van der Waals surface area contributed by atoms with Crippen LogP contribution >= 0.6 is 0 Å². The number of unbranched alkanes of at least 4 members (excludes halogenated alkanes) is 1. The average molecular weight is 277 g/mol. The number of aryl methyl sites for hydroxylation is 1. The number of halogens is 1. The van der Waals surface area contributed by atoms with Crippen LogP contribution in [0.15, 0.2) is 43.0 Å². The van der Waals surface area contributed by atoms with Crippen LogP contribution in [0.25, 0.3) is 0 Å². The Balaban J connectivity index is 1.58. The molecule has 0 bridgehead atoms. The minimum atomic E-state index is -0.667. The van der Waals surface area contributed by atoms with Crippen LogP contribution in [-0.2, 0) is 6.54 Å². The minimum absolute atomic E-state index is 0.318. The van der Waals surface area contributed by atoms with Gasteiger partial charge in [0.2, 0.25) is 0 Å². The molecule has 0 saturated heterocycles. The number of aliphatic hydroxyl groups excluding tert-OH is 1. The van der Waals surface area contributed by atoms with Crippen LogP contribution in [0.2, 0.25) is 0 Å². The topological polar surface area (TPSA) is 50.1 Å². The second kappa shape index (κ2) is 7.77. The van der Waals surface area contributed by atoms with Gasteiger partial charge in [-0.25, -0.2) is 9.37 Å². The lowest BCUT2D eigenvalue weighted by molar-refractivity contribution is 0.174. The van der Waals surface area contributed by atoms with Crippen LogP contribution in [0.4, 0.5) is 4.39 Å². The molecule has 0 aliphatic rings. The first-order valence-electron chi connectivity index (χ1n) is 6.85. The van der Waals surface area contributed by atoms with Crippen molar-refractivity contribution in [3.05, 3.63) is 54.4 Å². The molecule has 5 heteroatoms. The molecule has 1 aromatic carbocycles. The van der Waals surface area contributed by atoms with Crippen LogP contribution < -0.4 is 5.32 Å². The van der Waals surface area contributed by atoms with Crippen molar-refractivity contribution in [2.45, 2.75) is 25.5 Å². The van der Waals surface area contributed by atoms with Gasteiger partial charge in [-0.15, -0.1) is 0 Å². The largest absolute Gasteiger partial charge is 0.387 e. The van der Waals surface area contributed by atoms with Crippen LogP contribution in [0.5, 0.6) is 0 Å². The highest BCUT2D eigenvalue weighted by molar-refractivity contribution is 5.18. The molecule has 1 heterocycles. The lowest BCUT2D eigenvalue weighted by Gasteiger charge is -2.12. The van der Waals surface area contributed by atoms with E-state index in [0.29, 0.717) is 12.1 Å². The van der Waals surface area contributed by atoms with Gasteiger partial charge in [0.1, 0.15) is 5.82 Å². The third-order valence-corrected chi connectivity index (χ3v) is 3.15. The number of benzene rings is 1. The Morgan fingerprint density at radius 3 is 3.00 bits per heavy atom. The molecular weight excluding hydrogens is 257 g/mol. The molecule has 1 unspecified atom stereocenters. The Hall–Kier alpha value is -1.72. The van der Waals surface area contributed by atoms with Crippen molar-refractivity contribution in [1.29, 1.82) is 0 Å². The number of nitrogens with one attached hydrogen (secondary N) is 1. The summed E-state index contributed by atoms with van der Waals surface area (Å²) in [6.45, 7) is 2.23. The van der Waals surface area contributed by atoms with E-state index in [0.717, 1.165) is 25.9 Å². The van der Waals surface area contributed by atoms with E-state index >= 15 is 0 Å². The summed E-state index contributed by atoms with van der Waals surface area (Å²) in [5.41, 5.74) is 0.607. The number of imidazole rings is 1. The van der Waals surface area contributed by atoms with E-state index in [1.54, 1.807) is 24.7 Å². The SMILES string of the molecule is OC(CNCCCCn1ccnc1)c1cccc(F)c1. The summed E-state index contributed by atoms with van der Waals surface area (Å²) in [4.78, 5) is 3.98. The molecule has 0 spiro atoms. The molecule has 0 fully saturated rings. The Morgan fingerprint density at radius 2 is 2.25 bits per heavy atom. The van der Waals surface area contributed by atoms with Crippen LogP contribution in [-0.4, -0.2) is 27.7 Å². The van der Waals surface area contributed by atoms with Gasteiger partial charge >= 0.3 is 0 Å². The molecule has 2 rings (SSSR count). The number of hydrogen-bond donors (Lipinski definition) is 2. The first-order chi connectivity index (χ1) is 9.75. The number of aliphatic hydroxyl groups is 1. The molecule has 0 aliphatic heterocycles. The molecular formula is C15H20FN3O. The van der Waals surface area contributed by atoms with Crippen molar-refractivity contribution in [3.63, 3.8) is 0 Å². The summed E-state index contributed by atoms with van der Waals surface area (Å²) in [5.74, 6) is -0.318. The number of aromatic nitrogens is 2. The molecule has 0 amide bonds. The summed E-state index contributed by atoms with van der Waals surface area (Å²) in [6, 6.07) is 6.08. The highest BCUT2D eigenvalue weighted by Gasteiger charge is 2.07. The number of rotatable bonds is 8. The van der Waals surface area contributed by atoms with Gasteiger partial charge < -0.3 is 15.0 Å². The van der Waals surface area contributed by atoms with Crippen LogP contribution in [0.3, 0.4) is 0 Å². The molecule has 108 valence electrons. The normalized spacial score (nSPS) is 12.5. The van der Waals surface area contributed by atoms with E-state index in [-0.39, 0.29) is 5.82 Å². The number of nitrogens with zero attached hydrogens (tertiary/aromatic N) is 2. The van der Waals surface area contributed by atoms with E-state index in [9.17, 15) is 9.50 Å². The van der Waals surface area contributed by atoms with E-state index in [4.69, 9.17) is 0 Å². The Bertz CT molecular complexity index is 502. The summed E-state index contributed by atoms with van der Waals surface area (Å²) in [6.07, 6.45) is 6.93. The molecule has 1 atom stereocenters. The predicted octanol–water partition coefficient (Wildman–Crippen LogP) is 2.13. The smallest absolute Gasteiger partial charge is 0.123 e. The monoisotopic (exact) mass is 277 g/mol. The fourth-order valence-electron chi connectivity index (χ4n) is 2.03. The molecule has 1 aromatic heterocycles. The third kappa shape index (κ3) is 4.75. The van der Waals surface area contributed by atoms with Gasteiger partial charge in [-0.1, -0.05) is 12.1 Å². The minimum Gasteiger partial charge on any atom is -0.387 e. The van der Waals surface area contributed by atoms with Crippen LogP contribution in [0, 0.1) is 5.82 Å². The maximum absolute atomic E-state index is 13.0. The quantitative estimate of drug-likeness (QED) is 0.727. The van der Waals surface area contributed by atoms with Crippen molar-refractivity contribution in [2.24, 2.45) is 0 Å². The van der Waals surface area contributed by atoms with Gasteiger partial charge in [-0.05, 0) is 37.1 Å². The van der Waals surface area contributed by atoms with Gasteiger partial charge in [0.25, 0.3) is 0 Å². The summed E-state index contributed by atoms with van der Waals surface area (Å²) in [5, 5.41) is 13.1. The zero-order chi connectivity index (χ0) is 14.2. The van der Waals surface area contributed by atoms with E-state index in [1.165, 1.54) is 12.1 Å². The van der Waals surface area contributed by atoms with Crippen molar-refractivity contribution in [3.8, 4) is 0 Å². The lowest BCUT2D eigenvalue weighted by Crippen LogP contribution is -2.22. The Labute approximate surface area is 118 Å². The van der Waals surface area contributed by atoms with Gasteiger partial charge in [0.05, 0.1) is 12.4 Å². The summed E-state index contributed by atoms with van der Waals surface area (Å²) < 4.78 is 15.1. The second-order valence-corrected chi connectivity index (χ2v) is 4.78. The van der Waals surface area contributed by atoms with E-state index in [1.807, 2.05) is 10.8 Å². The first kappa shape index (κ1) is 14.7. The zero-order valence-electron chi connectivity index (χ0n) is 11.4. The van der Waals surface area contributed by atoms with Crippen molar-refractivity contribution < 1.29 is 9.50 Å². The molecule has 2 N–H and O–H groups in total. The van der Waals surface area contributed by atoms with Gasteiger partial charge in [-0.2, -0.15) is 0 Å². The molecule has 0 aliphatic carbocycles. The maximum Gasteiger partial charge on any atom is 0.123 e.